The molecule has 1 amide bonds. The summed E-state index contributed by atoms with van der Waals surface area (Å²) >= 11 is 5.70. The highest BCUT2D eigenvalue weighted by Gasteiger charge is 2.47. The first-order chi connectivity index (χ1) is 13.6. The van der Waals surface area contributed by atoms with Gasteiger partial charge in [-0.1, -0.05) is 11.6 Å². The lowest BCUT2D eigenvalue weighted by atomic mass is 10.2. The number of alkyl halides is 3. The number of amides is 1. The molecule has 3 aromatic rings. The van der Waals surface area contributed by atoms with Crippen LogP contribution in [0.1, 0.15) is 16.2 Å². The molecule has 0 unspecified atom stereocenters. The molecule has 1 aromatic carbocycles. The second-order valence-corrected chi connectivity index (χ2v) is 7.84. The van der Waals surface area contributed by atoms with E-state index in [9.17, 15) is 26.4 Å². The number of nitrogens with one attached hydrogen (secondary N) is 1. The van der Waals surface area contributed by atoms with Crippen molar-refractivity contribution in [3.05, 3.63) is 59.5 Å². The number of nitrogens with zero attached hydrogens (tertiary/aromatic N) is 5. The number of carbonyl (C=O) groups is 1. The van der Waals surface area contributed by atoms with E-state index in [1.54, 1.807) is 0 Å². The van der Waals surface area contributed by atoms with Crippen LogP contribution in [-0.4, -0.2) is 44.6 Å². The highest BCUT2D eigenvalue weighted by Crippen LogP contribution is 2.32. The largest absolute Gasteiger partial charge is 0.501 e. The van der Waals surface area contributed by atoms with Crippen LogP contribution in [0.25, 0.3) is 5.82 Å². The predicted molar refractivity (Wildman–Crippen MR) is 92.8 cm³/mol. The fourth-order valence-electron chi connectivity index (χ4n) is 2.22. The van der Waals surface area contributed by atoms with Crippen molar-refractivity contribution in [3.63, 3.8) is 0 Å². The second-order valence-electron chi connectivity index (χ2n) is 5.46. The summed E-state index contributed by atoms with van der Waals surface area (Å²) in [6.07, 6.45) is 5.50. The third kappa shape index (κ3) is 4.35. The molecule has 0 spiro atoms. The molecule has 9 nitrogen and oxygen atoms in total. The van der Waals surface area contributed by atoms with Crippen molar-refractivity contribution in [3.8, 4) is 5.82 Å². The van der Waals surface area contributed by atoms with Gasteiger partial charge in [-0.15, -0.1) is 0 Å². The molecule has 0 atom stereocenters. The van der Waals surface area contributed by atoms with Crippen LogP contribution in [0.5, 0.6) is 0 Å². The molecule has 0 saturated heterocycles. The van der Waals surface area contributed by atoms with Crippen LogP contribution in [-0.2, 0) is 16.4 Å². The van der Waals surface area contributed by atoms with Gasteiger partial charge in [0.25, 0.3) is 15.7 Å². The van der Waals surface area contributed by atoms with Gasteiger partial charge in [-0.3, -0.25) is 9.78 Å². The van der Waals surface area contributed by atoms with Crippen molar-refractivity contribution in [2.45, 2.75) is 16.9 Å². The molecule has 0 aliphatic heterocycles. The molecule has 3 rings (SSSR count). The van der Waals surface area contributed by atoms with E-state index < -0.39 is 26.1 Å². The van der Waals surface area contributed by atoms with Gasteiger partial charge in [-0.2, -0.15) is 23.0 Å². The molecule has 0 bridgehead atoms. The molecule has 2 heterocycles. The Morgan fingerprint density at radius 2 is 1.93 bits per heavy atom. The van der Waals surface area contributed by atoms with Crippen LogP contribution in [0.3, 0.4) is 0 Å². The fraction of sp³-hybridized carbons (Fsp3) is 0.133. The number of hydrogen-bond acceptors (Lipinski definition) is 7. The molecule has 0 aliphatic carbocycles. The fourth-order valence-corrected chi connectivity index (χ4v) is 3.35. The normalized spacial score (nSPS) is 12.0. The van der Waals surface area contributed by atoms with Crippen LogP contribution >= 0.6 is 11.6 Å². The van der Waals surface area contributed by atoms with Crippen LogP contribution in [0.4, 0.5) is 13.2 Å². The van der Waals surface area contributed by atoms with Crippen molar-refractivity contribution >= 4 is 27.3 Å². The van der Waals surface area contributed by atoms with Gasteiger partial charge in [0.2, 0.25) is 0 Å². The summed E-state index contributed by atoms with van der Waals surface area (Å²) in [4.78, 5) is 23.1. The number of hydrogen-bond donors (Lipinski definition) is 1. The van der Waals surface area contributed by atoms with E-state index in [4.69, 9.17) is 11.6 Å². The third-order valence-electron chi connectivity index (χ3n) is 3.54. The second kappa shape index (κ2) is 7.75. The summed E-state index contributed by atoms with van der Waals surface area (Å²) in [5.74, 6) is -0.278. The molecule has 29 heavy (non-hydrogen) atoms. The van der Waals surface area contributed by atoms with Crippen LogP contribution in [0.2, 0.25) is 5.02 Å². The Labute approximate surface area is 166 Å². The van der Waals surface area contributed by atoms with E-state index in [0.717, 1.165) is 6.07 Å². The van der Waals surface area contributed by atoms with Gasteiger partial charge in [0.1, 0.15) is 6.33 Å². The van der Waals surface area contributed by atoms with Gasteiger partial charge < -0.3 is 5.32 Å². The standard InChI is InChI=1S/C15H10ClF3N6O3S/c16-10-3-9(4-11(5-10)29(27,28)15(17,18)19)14(26)22-7-13-23-8-24-25(13)12-6-20-1-2-21-12/h1-6,8H,7H2,(H,22,26). The zero-order valence-corrected chi connectivity index (χ0v) is 15.7. The zero-order chi connectivity index (χ0) is 21.2. The van der Waals surface area contributed by atoms with Gasteiger partial charge in [0.15, 0.2) is 11.6 Å². The predicted octanol–water partition coefficient (Wildman–Crippen LogP) is 1.93. The SMILES string of the molecule is O=C(NCc1ncnn1-c1cnccn1)c1cc(Cl)cc(S(=O)(=O)C(F)(F)F)c1. The quantitative estimate of drug-likeness (QED) is 0.635. The van der Waals surface area contributed by atoms with Crippen molar-refractivity contribution in [1.29, 1.82) is 0 Å². The van der Waals surface area contributed by atoms with E-state index in [1.807, 2.05) is 0 Å². The Morgan fingerprint density at radius 3 is 2.59 bits per heavy atom. The van der Waals surface area contributed by atoms with Gasteiger partial charge in [0, 0.05) is 23.0 Å². The Balaban J connectivity index is 1.82. The molecule has 0 saturated carbocycles. The maximum atomic E-state index is 12.8. The number of benzene rings is 1. The van der Waals surface area contributed by atoms with Crippen molar-refractivity contribution in [2.24, 2.45) is 0 Å². The third-order valence-corrected chi connectivity index (χ3v) is 5.22. The maximum absolute atomic E-state index is 12.8. The summed E-state index contributed by atoms with van der Waals surface area (Å²) in [6.45, 7) is -0.177. The lowest BCUT2D eigenvalue weighted by molar-refractivity contribution is -0.0436. The molecular weight excluding hydrogens is 437 g/mol. The van der Waals surface area contributed by atoms with Crippen molar-refractivity contribution in [1.82, 2.24) is 30.0 Å². The van der Waals surface area contributed by atoms with E-state index in [0.29, 0.717) is 18.0 Å². The monoisotopic (exact) mass is 446 g/mol. The molecule has 1 N–H and O–H groups in total. The van der Waals surface area contributed by atoms with E-state index in [2.05, 4.69) is 25.4 Å². The number of rotatable bonds is 5. The number of aromatic nitrogens is 5. The van der Waals surface area contributed by atoms with Gasteiger partial charge >= 0.3 is 5.51 Å². The average molecular weight is 447 g/mol. The lowest BCUT2D eigenvalue weighted by Gasteiger charge is -2.11. The van der Waals surface area contributed by atoms with Crippen LogP contribution in [0, 0.1) is 0 Å². The van der Waals surface area contributed by atoms with Crippen LogP contribution in [0.15, 0.2) is 48.0 Å². The minimum absolute atomic E-state index is 0.177. The first-order valence-electron chi connectivity index (χ1n) is 7.65. The van der Waals surface area contributed by atoms with E-state index >= 15 is 0 Å². The summed E-state index contributed by atoms with van der Waals surface area (Å²) in [5.41, 5.74) is -5.90. The highest BCUT2D eigenvalue weighted by molar-refractivity contribution is 7.92. The molecule has 0 fully saturated rings. The molecule has 0 radical (unpaired) electrons. The Hall–Kier alpha value is -3.06. The summed E-state index contributed by atoms with van der Waals surface area (Å²) in [5, 5.41) is 6.02. The molecule has 2 aromatic heterocycles. The Kier molecular flexibility index (Phi) is 5.53. The number of carbonyl (C=O) groups excluding carboxylic acids is 1. The Morgan fingerprint density at radius 1 is 1.17 bits per heavy atom. The van der Waals surface area contributed by atoms with Crippen molar-refractivity contribution < 1.29 is 26.4 Å². The molecule has 152 valence electrons. The smallest absolute Gasteiger partial charge is 0.345 e. The van der Waals surface area contributed by atoms with Gasteiger partial charge in [-0.25, -0.2) is 18.4 Å². The van der Waals surface area contributed by atoms with E-state index in [-0.39, 0.29) is 23.0 Å². The topological polar surface area (TPSA) is 120 Å². The number of sulfone groups is 1. The Bertz CT molecular complexity index is 1150. The highest BCUT2D eigenvalue weighted by atomic mass is 35.5. The molecular formula is C15H10ClF3N6O3S. The summed E-state index contributed by atoms with van der Waals surface area (Å²) in [6, 6.07) is 2.25. The maximum Gasteiger partial charge on any atom is 0.501 e. The molecule has 0 aliphatic rings. The molecule has 14 heteroatoms. The average Bonchev–Trinajstić information content (AvgIpc) is 3.14. The lowest BCUT2D eigenvalue weighted by Crippen LogP contribution is -2.26. The summed E-state index contributed by atoms with van der Waals surface area (Å²) < 4.78 is 62.7. The first kappa shape index (κ1) is 20.7. The first-order valence-corrected chi connectivity index (χ1v) is 9.51. The summed E-state index contributed by atoms with van der Waals surface area (Å²) in [7, 11) is -5.66. The van der Waals surface area contributed by atoms with Gasteiger partial charge in [0.05, 0.1) is 17.6 Å². The minimum atomic E-state index is -5.66. The minimum Gasteiger partial charge on any atom is -0.345 e. The van der Waals surface area contributed by atoms with Crippen LogP contribution < -0.4 is 5.32 Å². The zero-order valence-electron chi connectivity index (χ0n) is 14.1. The van der Waals surface area contributed by atoms with Gasteiger partial charge in [-0.05, 0) is 18.2 Å². The number of halogens is 4. The van der Waals surface area contributed by atoms with E-state index in [1.165, 1.54) is 29.6 Å². The van der Waals surface area contributed by atoms with Crippen molar-refractivity contribution in [2.75, 3.05) is 0 Å².